The van der Waals surface area contributed by atoms with Crippen molar-refractivity contribution < 1.29 is 37.3 Å². The van der Waals surface area contributed by atoms with Crippen molar-refractivity contribution in [1.29, 1.82) is 0 Å². The van der Waals surface area contributed by atoms with Gasteiger partial charge < -0.3 is 28.5 Å². The van der Waals surface area contributed by atoms with Gasteiger partial charge in [-0.3, -0.25) is 14.2 Å². The Hall–Kier alpha value is -3.59. The molecule has 0 aromatic heterocycles. The van der Waals surface area contributed by atoms with Crippen LogP contribution >= 0.6 is 7.82 Å². The van der Waals surface area contributed by atoms with Crippen molar-refractivity contribution in [2.75, 3.05) is 40.9 Å². The normalized spacial score (nSPS) is 14.7. The van der Waals surface area contributed by atoms with Gasteiger partial charge in [0.25, 0.3) is 7.82 Å². The number of amides is 1. The molecule has 0 aliphatic carbocycles. The molecule has 0 bridgehead atoms. The van der Waals surface area contributed by atoms with Crippen molar-refractivity contribution in [2.45, 2.75) is 226 Å². The van der Waals surface area contributed by atoms with E-state index >= 15 is 0 Å². The molecule has 0 aliphatic heterocycles. The highest BCUT2D eigenvalue weighted by Gasteiger charge is 2.27. The van der Waals surface area contributed by atoms with Crippen molar-refractivity contribution in [3.8, 4) is 0 Å². The standard InChI is InChI=1S/C63H107N2O7P/c1-7-10-13-16-19-22-25-28-30-31-32-33-34-35-36-37-40-43-46-49-52-55-62(66)64-60(59-71-73(68,69)70-58-57-65(4,5)6)61(54-51-48-45-42-39-27-24-21-18-15-12-9-3)72-63(67)56-53-50-47-44-41-38-29-26-23-20-17-14-11-8-2/h10-11,13-14,19-20,22-23,28-30,32-33,35-36,38,40,43,51,54,60-61H,7-9,12,15-18,21,24-27,31,34,37,39,41-42,44-50,52-53,55-59H2,1-6H3,(H-,64,66,68,69)/b13-10-,14-11+,22-19-,23-20+,30-28-,33-32-,36-35-,38-29+,43-40-,54-51-. The van der Waals surface area contributed by atoms with E-state index in [2.05, 4.69) is 135 Å². The number of nitrogens with one attached hydrogen (secondary N) is 1. The number of nitrogens with zero attached hydrogens (tertiary/aromatic N) is 1. The lowest BCUT2D eigenvalue weighted by Crippen LogP contribution is -2.47. The summed E-state index contributed by atoms with van der Waals surface area (Å²) in [5, 5.41) is 2.99. The lowest BCUT2D eigenvalue weighted by molar-refractivity contribution is -0.870. The van der Waals surface area contributed by atoms with Crippen LogP contribution in [0.3, 0.4) is 0 Å². The van der Waals surface area contributed by atoms with E-state index in [1.54, 1.807) is 6.08 Å². The second-order valence-electron chi connectivity index (χ2n) is 20.0. The van der Waals surface area contributed by atoms with Crippen molar-refractivity contribution >= 4 is 19.7 Å². The summed E-state index contributed by atoms with van der Waals surface area (Å²) in [6.45, 7) is 6.53. The highest BCUT2D eigenvalue weighted by atomic mass is 31.2. The summed E-state index contributed by atoms with van der Waals surface area (Å²) in [7, 11) is 1.12. The Bertz CT molecular complexity index is 1660. The molecule has 0 aromatic carbocycles. The number of hydrogen-bond donors (Lipinski definition) is 1. The number of allylic oxidation sites excluding steroid dienone is 19. The smallest absolute Gasteiger partial charge is 0.306 e. The summed E-state index contributed by atoms with van der Waals surface area (Å²) in [5.41, 5.74) is 0. The first-order valence-corrected chi connectivity index (χ1v) is 30.3. The maximum Gasteiger partial charge on any atom is 0.306 e. The van der Waals surface area contributed by atoms with Gasteiger partial charge in [0, 0.05) is 12.8 Å². The van der Waals surface area contributed by atoms with Crippen LogP contribution in [-0.2, 0) is 27.9 Å². The van der Waals surface area contributed by atoms with E-state index in [0.717, 1.165) is 116 Å². The zero-order valence-corrected chi connectivity index (χ0v) is 48.2. The highest BCUT2D eigenvalue weighted by molar-refractivity contribution is 7.45. The second kappa shape index (κ2) is 51.9. The molecule has 0 aliphatic rings. The molecule has 0 spiro atoms. The van der Waals surface area contributed by atoms with Crippen LogP contribution in [-0.4, -0.2) is 69.4 Å². The maximum atomic E-state index is 13.5. The highest BCUT2D eigenvalue weighted by Crippen LogP contribution is 2.38. The van der Waals surface area contributed by atoms with Gasteiger partial charge in [-0.15, -0.1) is 0 Å². The van der Waals surface area contributed by atoms with Crippen LogP contribution in [0.1, 0.15) is 213 Å². The number of carbonyl (C=O) groups is 2. The van der Waals surface area contributed by atoms with Crippen molar-refractivity contribution in [3.05, 3.63) is 122 Å². The quantitative estimate of drug-likeness (QED) is 0.0212. The minimum Gasteiger partial charge on any atom is -0.756 e. The number of rotatable bonds is 50. The molecule has 10 heteroatoms. The minimum absolute atomic E-state index is 0.0416. The van der Waals surface area contributed by atoms with Crippen LogP contribution in [0.4, 0.5) is 0 Å². The molecule has 3 atom stereocenters. The van der Waals surface area contributed by atoms with E-state index in [9.17, 15) is 19.0 Å². The van der Waals surface area contributed by atoms with Crippen LogP contribution in [0.2, 0.25) is 0 Å². The van der Waals surface area contributed by atoms with Crippen molar-refractivity contribution in [1.82, 2.24) is 5.32 Å². The Labute approximate surface area is 448 Å². The minimum atomic E-state index is -4.72. The summed E-state index contributed by atoms with van der Waals surface area (Å²) in [5.74, 6) is -0.629. The molecule has 1 amide bonds. The predicted molar refractivity (Wildman–Crippen MR) is 311 cm³/mol. The summed E-state index contributed by atoms with van der Waals surface area (Å²) in [6.07, 6.45) is 71.7. The van der Waals surface area contributed by atoms with E-state index < -0.39 is 26.6 Å². The number of phosphoric ester groups is 1. The molecule has 3 unspecified atom stereocenters. The Morgan fingerprint density at radius 2 is 0.877 bits per heavy atom. The van der Waals surface area contributed by atoms with Crippen LogP contribution in [0.25, 0.3) is 0 Å². The molecule has 0 saturated carbocycles. The molecular weight excluding hydrogens is 928 g/mol. The average Bonchev–Trinajstić information content (AvgIpc) is 3.35. The zero-order chi connectivity index (χ0) is 53.6. The summed E-state index contributed by atoms with van der Waals surface area (Å²) < 4.78 is 30.2. The fourth-order valence-electron chi connectivity index (χ4n) is 7.48. The van der Waals surface area contributed by atoms with E-state index in [-0.39, 0.29) is 31.3 Å². The molecule has 0 fully saturated rings. The first kappa shape index (κ1) is 69.4. The van der Waals surface area contributed by atoms with Gasteiger partial charge in [-0.25, -0.2) is 0 Å². The van der Waals surface area contributed by atoms with E-state index in [4.69, 9.17) is 13.8 Å². The number of unbranched alkanes of at least 4 members (excludes halogenated alkanes) is 16. The maximum absolute atomic E-state index is 13.5. The molecule has 1 N–H and O–H groups in total. The van der Waals surface area contributed by atoms with Crippen LogP contribution < -0.4 is 10.2 Å². The van der Waals surface area contributed by atoms with Crippen molar-refractivity contribution in [2.24, 2.45) is 0 Å². The fourth-order valence-corrected chi connectivity index (χ4v) is 8.20. The summed E-state index contributed by atoms with van der Waals surface area (Å²) >= 11 is 0. The number of quaternary nitrogens is 1. The number of likely N-dealkylation sites (N-methyl/N-ethyl adjacent to an activating group) is 1. The zero-order valence-electron chi connectivity index (χ0n) is 47.3. The Morgan fingerprint density at radius 1 is 0.493 bits per heavy atom. The van der Waals surface area contributed by atoms with Gasteiger partial charge in [0.1, 0.15) is 19.3 Å². The SMILES string of the molecule is CC/C=C\C/C=C\C/C=C\C/C=C\C/C=C\C/C=C\CCCCC(=O)NC(COP(=O)([O-])OCC[N+](C)(C)C)C(/C=C\CCCCCCCCCCCC)OC(=O)CCCCCC/C=C/C/C=C/C/C=C/CC. The number of ether oxygens (including phenoxy) is 1. The summed E-state index contributed by atoms with van der Waals surface area (Å²) in [6, 6.07) is -0.928. The number of carbonyl (C=O) groups excluding carboxylic acids is 2. The van der Waals surface area contributed by atoms with Crippen molar-refractivity contribution in [3.63, 3.8) is 0 Å². The molecule has 0 saturated heterocycles. The molecule has 0 aromatic rings. The topological polar surface area (TPSA) is 114 Å². The second-order valence-corrected chi connectivity index (χ2v) is 21.4. The first-order valence-electron chi connectivity index (χ1n) is 28.8. The van der Waals surface area contributed by atoms with Gasteiger partial charge in [-0.05, 0) is 115 Å². The Balaban J connectivity index is 5.44. The van der Waals surface area contributed by atoms with Gasteiger partial charge in [-0.2, -0.15) is 0 Å². The molecule has 73 heavy (non-hydrogen) atoms. The van der Waals surface area contributed by atoms with E-state index in [1.807, 2.05) is 27.2 Å². The average molecular weight is 1040 g/mol. The van der Waals surface area contributed by atoms with Crippen LogP contribution in [0, 0.1) is 0 Å². The molecular formula is C63H107N2O7P. The molecule has 0 heterocycles. The van der Waals surface area contributed by atoms with Gasteiger partial charge in [0.2, 0.25) is 5.91 Å². The molecule has 0 rings (SSSR count). The lowest BCUT2D eigenvalue weighted by Gasteiger charge is -2.30. The number of hydrogen-bond acceptors (Lipinski definition) is 7. The Kier molecular flexibility index (Phi) is 49.3. The third-order valence-electron chi connectivity index (χ3n) is 11.9. The van der Waals surface area contributed by atoms with Gasteiger partial charge in [0.15, 0.2) is 0 Å². The third kappa shape index (κ3) is 53.1. The lowest BCUT2D eigenvalue weighted by atomic mass is 10.1. The number of phosphoric acid groups is 1. The largest absolute Gasteiger partial charge is 0.756 e. The molecule has 416 valence electrons. The van der Waals surface area contributed by atoms with Crippen LogP contribution in [0.5, 0.6) is 0 Å². The van der Waals surface area contributed by atoms with Crippen LogP contribution in [0.15, 0.2) is 122 Å². The fraction of sp³-hybridized carbons (Fsp3) is 0.651. The van der Waals surface area contributed by atoms with E-state index in [0.29, 0.717) is 23.9 Å². The Morgan fingerprint density at radius 3 is 1.33 bits per heavy atom. The number of esters is 1. The molecule has 0 radical (unpaired) electrons. The monoisotopic (exact) mass is 1030 g/mol. The molecule has 9 nitrogen and oxygen atoms in total. The predicted octanol–water partition coefficient (Wildman–Crippen LogP) is 16.9. The van der Waals surface area contributed by atoms with Gasteiger partial charge in [0.05, 0.1) is 33.8 Å². The first-order chi connectivity index (χ1) is 35.4. The van der Waals surface area contributed by atoms with Gasteiger partial charge >= 0.3 is 5.97 Å². The third-order valence-corrected chi connectivity index (χ3v) is 12.9. The van der Waals surface area contributed by atoms with E-state index in [1.165, 1.54) is 51.4 Å². The summed E-state index contributed by atoms with van der Waals surface area (Å²) in [4.78, 5) is 39.8. The van der Waals surface area contributed by atoms with Gasteiger partial charge in [-0.1, -0.05) is 207 Å².